The fourth-order valence-corrected chi connectivity index (χ4v) is 2.93. The standard InChI is InChI=1S/C12H20/c1-12-9-5-2-3-7-11(12)8-4-6-10-12/h4,6,11H,2-3,5,7-10H2,1H3/t11-,12-/m1/s1. The molecule has 1 fully saturated rings. The van der Waals surface area contributed by atoms with Gasteiger partial charge in [-0.2, -0.15) is 0 Å². The number of allylic oxidation sites excluding steroid dienone is 2. The van der Waals surface area contributed by atoms with E-state index >= 15 is 0 Å². The molecule has 2 atom stereocenters. The summed E-state index contributed by atoms with van der Waals surface area (Å²) in [6, 6.07) is 0. The third kappa shape index (κ3) is 1.44. The lowest BCUT2D eigenvalue weighted by molar-refractivity contribution is 0.165. The van der Waals surface area contributed by atoms with Crippen LogP contribution in [0.4, 0.5) is 0 Å². The van der Waals surface area contributed by atoms with E-state index in [1.165, 1.54) is 44.9 Å². The molecule has 0 aromatic carbocycles. The minimum absolute atomic E-state index is 0.672. The van der Waals surface area contributed by atoms with Gasteiger partial charge in [0.05, 0.1) is 0 Å². The molecular weight excluding hydrogens is 144 g/mol. The molecule has 12 heavy (non-hydrogen) atoms. The van der Waals surface area contributed by atoms with Crippen LogP contribution in [0, 0.1) is 11.3 Å². The Hall–Kier alpha value is -0.260. The van der Waals surface area contributed by atoms with E-state index in [0.29, 0.717) is 5.41 Å². The summed E-state index contributed by atoms with van der Waals surface area (Å²) in [6.45, 7) is 2.51. The second-order valence-electron chi connectivity index (χ2n) is 4.86. The van der Waals surface area contributed by atoms with Crippen LogP contribution in [0.25, 0.3) is 0 Å². The predicted molar refractivity (Wildman–Crippen MR) is 53.1 cm³/mol. The van der Waals surface area contributed by atoms with E-state index in [-0.39, 0.29) is 0 Å². The van der Waals surface area contributed by atoms with E-state index in [4.69, 9.17) is 0 Å². The van der Waals surface area contributed by atoms with Gasteiger partial charge in [-0.3, -0.25) is 0 Å². The van der Waals surface area contributed by atoms with Crippen LogP contribution in [0.5, 0.6) is 0 Å². The van der Waals surface area contributed by atoms with Gasteiger partial charge in [-0.15, -0.1) is 0 Å². The summed E-state index contributed by atoms with van der Waals surface area (Å²) in [6.07, 6.45) is 14.9. The highest BCUT2D eigenvalue weighted by Crippen LogP contribution is 2.46. The second-order valence-corrected chi connectivity index (χ2v) is 4.86. The molecule has 0 nitrogen and oxygen atoms in total. The van der Waals surface area contributed by atoms with E-state index in [1.807, 2.05) is 0 Å². The van der Waals surface area contributed by atoms with E-state index in [2.05, 4.69) is 19.1 Å². The van der Waals surface area contributed by atoms with Gasteiger partial charge in [0.1, 0.15) is 0 Å². The molecule has 0 heteroatoms. The van der Waals surface area contributed by atoms with Gasteiger partial charge in [0.25, 0.3) is 0 Å². The van der Waals surface area contributed by atoms with Crippen LogP contribution in [0.1, 0.15) is 51.9 Å². The van der Waals surface area contributed by atoms with E-state index in [9.17, 15) is 0 Å². The van der Waals surface area contributed by atoms with Crippen molar-refractivity contribution >= 4 is 0 Å². The lowest BCUT2D eigenvalue weighted by Crippen LogP contribution is -2.27. The zero-order chi connectivity index (χ0) is 8.44. The van der Waals surface area contributed by atoms with Crippen molar-refractivity contribution in [3.63, 3.8) is 0 Å². The average molecular weight is 164 g/mol. The number of rotatable bonds is 0. The largest absolute Gasteiger partial charge is 0.0882 e. The molecular formula is C12H20. The molecule has 0 aromatic heterocycles. The second kappa shape index (κ2) is 3.24. The Kier molecular flexibility index (Phi) is 2.25. The molecule has 0 radical (unpaired) electrons. The molecule has 2 rings (SSSR count). The first-order valence-corrected chi connectivity index (χ1v) is 5.46. The molecule has 0 heterocycles. The van der Waals surface area contributed by atoms with Crippen molar-refractivity contribution in [2.24, 2.45) is 11.3 Å². The van der Waals surface area contributed by atoms with Gasteiger partial charge in [0, 0.05) is 0 Å². The Morgan fingerprint density at radius 3 is 3.00 bits per heavy atom. The van der Waals surface area contributed by atoms with Crippen LogP contribution in [0.15, 0.2) is 12.2 Å². The lowest BCUT2D eigenvalue weighted by Gasteiger charge is -2.38. The number of hydrogen-bond acceptors (Lipinski definition) is 0. The first-order chi connectivity index (χ1) is 5.81. The van der Waals surface area contributed by atoms with Crippen LogP contribution in [-0.4, -0.2) is 0 Å². The molecule has 0 aromatic rings. The molecule has 2 aliphatic carbocycles. The quantitative estimate of drug-likeness (QED) is 0.476. The summed E-state index contributed by atoms with van der Waals surface area (Å²) in [4.78, 5) is 0. The van der Waals surface area contributed by atoms with Crippen LogP contribution in [-0.2, 0) is 0 Å². The Morgan fingerprint density at radius 2 is 2.08 bits per heavy atom. The van der Waals surface area contributed by atoms with E-state index in [0.717, 1.165) is 5.92 Å². The van der Waals surface area contributed by atoms with Gasteiger partial charge in [0.2, 0.25) is 0 Å². The highest BCUT2D eigenvalue weighted by Gasteiger charge is 2.34. The molecule has 0 N–H and O–H groups in total. The van der Waals surface area contributed by atoms with E-state index < -0.39 is 0 Å². The molecule has 1 saturated carbocycles. The smallest absolute Gasteiger partial charge is 0.0260 e. The molecule has 2 aliphatic rings. The number of fused-ring (bicyclic) bond motifs is 1. The molecule has 0 bridgehead atoms. The molecule has 0 spiro atoms. The summed E-state index contributed by atoms with van der Waals surface area (Å²) in [7, 11) is 0. The van der Waals surface area contributed by atoms with Crippen molar-refractivity contribution in [1.82, 2.24) is 0 Å². The third-order valence-corrected chi connectivity index (χ3v) is 3.96. The Morgan fingerprint density at radius 1 is 1.17 bits per heavy atom. The zero-order valence-electron chi connectivity index (χ0n) is 8.18. The summed E-state index contributed by atoms with van der Waals surface area (Å²) in [5, 5.41) is 0. The Labute approximate surface area is 76.1 Å². The van der Waals surface area contributed by atoms with Gasteiger partial charge in [-0.1, -0.05) is 38.3 Å². The fourth-order valence-electron chi connectivity index (χ4n) is 2.93. The summed E-state index contributed by atoms with van der Waals surface area (Å²) in [5.41, 5.74) is 0.672. The van der Waals surface area contributed by atoms with Crippen molar-refractivity contribution in [3.8, 4) is 0 Å². The Balaban J connectivity index is 2.14. The molecule has 0 aliphatic heterocycles. The van der Waals surface area contributed by atoms with Gasteiger partial charge in [-0.25, -0.2) is 0 Å². The Bertz CT molecular complexity index is 180. The first kappa shape index (κ1) is 8.34. The van der Waals surface area contributed by atoms with Crippen molar-refractivity contribution < 1.29 is 0 Å². The average Bonchev–Trinajstić information content (AvgIpc) is 2.25. The highest BCUT2D eigenvalue weighted by molar-refractivity contribution is 5.01. The van der Waals surface area contributed by atoms with Crippen molar-refractivity contribution in [1.29, 1.82) is 0 Å². The highest BCUT2D eigenvalue weighted by atomic mass is 14.4. The van der Waals surface area contributed by atoms with Crippen LogP contribution < -0.4 is 0 Å². The number of hydrogen-bond donors (Lipinski definition) is 0. The van der Waals surface area contributed by atoms with Crippen molar-refractivity contribution in [2.75, 3.05) is 0 Å². The lowest BCUT2D eigenvalue weighted by atomic mass is 9.67. The van der Waals surface area contributed by atoms with Crippen LogP contribution in [0.3, 0.4) is 0 Å². The van der Waals surface area contributed by atoms with Crippen LogP contribution >= 0.6 is 0 Å². The molecule has 0 saturated heterocycles. The SMILES string of the molecule is C[C@@]12CC=CC[C@H]1CCCCC2. The van der Waals surface area contributed by atoms with Gasteiger partial charge >= 0.3 is 0 Å². The predicted octanol–water partition coefficient (Wildman–Crippen LogP) is 3.92. The third-order valence-electron chi connectivity index (χ3n) is 3.96. The maximum Gasteiger partial charge on any atom is -0.0260 e. The van der Waals surface area contributed by atoms with Crippen molar-refractivity contribution in [3.05, 3.63) is 12.2 Å². The molecule has 68 valence electrons. The van der Waals surface area contributed by atoms with Crippen LogP contribution in [0.2, 0.25) is 0 Å². The maximum atomic E-state index is 2.51. The van der Waals surface area contributed by atoms with Gasteiger partial charge in [-0.05, 0) is 37.0 Å². The zero-order valence-corrected chi connectivity index (χ0v) is 8.18. The topological polar surface area (TPSA) is 0 Å². The molecule has 0 amide bonds. The minimum Gasteiger partial charge on any atom is -0.0882 e. The van der Waals surface area contributed by atoms with Gasteiger partial charge < -0.3 is 0 Å². The minimum atomic E-state index is 0.672. The summed E-state index contributed by atoms with van der Waals surface area (Å²) < 4.78 is 0. The van der Waals surface area contributed by atoms with Crippen molar-refractivity contribution in [2.45, 2.75) is 51.9 Å². The maximum absolute atomic E-state index is 2.51. The first-order valence-electron chi connectivity index (χ1n) is 5.46. The summed E-state index contributed by atoms with van der Waals surface area (Å²) >= 11 is 0. The van der Waals surface area contributed by atoms with Gasteiger partial charge in [0.15, 0.2) is 0 Å². The fraction of sp³-hybridized carbons (Fsp3) is 0.833. The molecule has 0 unspecified atom stereocenters. The monoisotopic (exact) mass is 164 g/mol. The normalized spacial score (nSPS) is 41.9. The van der Waals surface area contributed by atoms with E-state index in [1.54, 1.807) is 0 Å². The summed E-state index contributed by atoms with van der Waals surface area (Å²) in [5.74, 6) is 1.00.